The summed E-state index contributed by atoms with van der Waals surface area (Å²) in [6.45, 7) is 2.78. The first-order chi connectivity index (χ1) is 11.2. The number of hydrogen-bond donors (Lipinski definition) is 2. The van der Waals surface area contributed by atoms with Gasteiger partial charge in [0.2, 0.25) is 0 Å². The Balaban J connectivity index is 2.00. The van der Waals surface area contributed by atoms with Crippen molar-refractivity contribution in [3.63, 3.8) is 0 Å². The van der Waals surface area contributed by atoms with Crippen LogP contribution in [0.4, 0.5) is 0 Å². The van der Waals surface area contributed by atoms with Crippen molar-refractivity contribution in [2.45, 2.75) is 26.2 Å². The summed E-state index contributed by atoms with van der Waals surface area (Å²) in [5.74, 6) is 0.0782. The third-order valence-electron chi connectivity index (χ3n) is 3.71. The second kappa shape index (κ2) is 8.70. The fourth-order valence-electron chi connectivity index (χ4n) is 2.48. The van der Waals surface area contributed by atoms with Crippen LogP contribution in [0.25, 0.3) is 5.69 Å². The molecule has 0 radical (unpaired) electrons. The van der Waals surface area contributed by atoms with Gasteiger partial charge in [-0.25, -0.2) is 4.68 Å². The summed E-state index contributed by atoms with van der Waals surface area (Å²) in [5.41, 5.74) is 1.08. The molecule has 23 heavy (non-hydrogen) atoms. The first kappa shape index (κ1) is 17.5. The highest BCUT2D eigenvalue weighted by Crippen LogP contribution is 2.19. The standard InChI is InChI=1S/C17H22ClN3O2/c1-2-5-13(9-11-22)12-19-17(23)15-8-10-21(20-15)16-7-4-3-6-14(16)18/h3-4,6-8,10,13,22H,2,5,9,11-12H2,1H3,(H,19,23). The van der Waals surface area contributed by atoms with Crippen LogP contribution in [-0.2, 0) is 0 Å². The first-order valence-electron chi connectivity index (χ1n) is 7.85. The van der Waals surface area contributed by atoms with Gasteiger partial charge in [0.15, 0.2) is 5.69 Å². The van der Waals surface area contributed by atoms with Crippen molar-refractivity contribution < 1.29 is 9.90 Å². The van der Waals surface area contributed by atoms with E-state index in [1.807, 2.05) is 18.2 Å². The Hall–Kier alpha value is -1.85. The summed E-state index contributed by atoms with van der Waals surface area (Å²) in [6.07, 6.45) is 4.42. The average molecular weight is 336 g/mol. The van der Waals surface area contributed by atoms with Crippen LogP contribution in [0.2, 0.25) is 5.02 Å². The topological polar surface area (TPSA) is 67.2 Å². The summed E-state index contributed by atoms with van der Waals surface area (Å²) in [6, 6.07) is 9.00. The van der Waals surface area contributed by atoms with Crippen LogP contribution in [0.3, 0.4) is 0 Å². The number of benzene rings is 1. The van der Waals surface area contributed by atoms with Crippen molar-refractivity contribution in [3.05, 3.63) is 47.2 Å². The molecule has 1 unspecified atom stereocenters. The maximum atomic E-state index is 12.2. The molecule has 0 aliphatic rings. The molecule has 6 heteroatoms. The van der Waals surface area contributed by atoms with Gasteiger partial charge in [0.05, 0.1) is 10.7 Å². The molecule has 1 aromatic heterocycles. The van der Waals surface area contributed by atoms with Gasteiger partial charge in [-0.1, -0.05) is 37.1 Å². The largest absolute Gasteiger partial charge is 0.396 e. The average Bonchev–Trinajstić information content (AvgIpc) is 3.03. The normalized spacial score (nSPS) is 12.1. The smallest absolute Gasteiger partial charge is 0.271 e. The fraction of sp³-hybridized carbons (Fsp3) is 0.412. The van der Waals surface area contributed by atoms with Crippen molar-refractivity contribution in [3.8, 4) is 5.69 Å². The molecule has 1 aromatic carbocycles. The Bertz CT molecular complexity index is 636. The summed E-state index contributed by atoms with van der Waals surface area (Å²) in [7, 11) is 0. The number of aliphatic hydroxyl groups is 1. The second-order valence-corrected chi connectivity index (χ2v) is 5.88. The number of carbonyl (C=O) groups excluding carboxylic acids is 1. The third kappa shape index (κ3) is 4.81. The molecule has 2 N–H and O–H groups in total. The quantitative estimate of drug-likeness (QED) is 0.779. The fourth-order valence-corrected chi connectivity index (χ4v) is 2.71. The summed E-state index contributed by atoms with van der Waals surface area (Å²) < 4.78 is 1.59. The lowest BCUT2D eigenvalue weighted by Crippen LogP contribution is -2.30. The van der Waals surface area contributed by atoms with Gasteiger partial charge < -0.3 is 10.4 Å². The number of nitrogens with one attached hydrogen (secondary N) is 1. The Morgan fingerprint density at radius 2 is 2.13 bits per heavy atom. The van der Waals surface area contributed by atoms with E-state index in [1.165, 1.54) is 0 Å². The number of rotatable bonds is 8. The molecule has 1 atom stereocenters. The highest BCUT2D eigenvalue weighted by Gasteiger charge is 2.14. The van der Waals surface area contributed by atoms with Crippen LogP contribution in [-0.4, -0.2) is 33.9 Å². The van der Waals surface area contributed by atoms with E-state index in [1.54, 1.807) is 23.0 Å². The maximum absolute atomic E-state index is 12.2. The van der Waals surface area contributed by atoms with Crippen LogP contribution in [0.1, 0.15) is 36.7 Å². The van der Waals surface area contributed by atoms with Crippen molar-refractivity contribution in [2.24, 2.45) is 5.92 Å². The molecule has 0 saturated heterocycles. The predicted octanol–water partition coefficient (Wildman–Crippen LogP) is 3.05. The van der Waals surface area contributed by atoms with Gasteiger partial charge in [-0.15, -0.1) is 0 Å². The molecule has 2 aromatic rings. The molecule has 0 spiro atoms. The van der Waals surface area contributed by atoms with E-state index < -0.39 is 0 Å². The predicted molar refractivity (Wildman–Crippen MR) is 91.0 cm³/mol. The monoisotopic (exact) mass is 335 g/mol. The molecule has 5 nitrogen and oxygen atoms in total. The molecule has 2 rings (SSSR count). The Morgan fingerprint density at radius 3 is 2.83 bits per heavy atom. The van der Waals surface area contributed by atoms with E-state index in [0.717, 1.165) is 18.5 Å². The minimum absolute atomic E-state index is 0.141. The van der Waals surface area contributed by atoms with Crippen LogP contribution in [0.5, 0.6) is 0 Å². The maximum Gasteiger partial charge on any atom is 0.271 e. The highest BCUT2D eigenvalue weighted by atomic mass is 35.5. The van der Waals surface area contributed by atoms with Gasteiger partial charge >= 0.3 is 0 Å². The molecule has 0 aliphatic heterocycles. The van der Waals surface area contributed by atoms with E-state index in [9.17, 15) is 4.79 Å². The molecular formula is C17H22ClN3O2. The van der Waals surface area contributed by atoms with Crippen LogP contribution >= 0.6 is 11.6 Å². The zero-order valence-corrected chi connectivity index (χ0v) is 14.0. The highest BCUT2D eigenvalue weighted by molar-refractivity contribution is 6.32. The lowest BCUT2D eigenvalue weighted by Gasteiger charge is -2.15. The third-order valence-corrected chi connectivity index (χ3v) is 4.03. The lowest BCUT2D eigenvalue weighted by atomic mass is 10.0. The Morgan fingerprint density at radius 1 is 1.35 bits per heavy atom. The van der Waals surface area contributed by atoms with Gasteiger partial charge in [0.25, 0.3) is 5.91 Å². The van der Waals surface area contributed by atoms with E-state index in [0.29, 0.717) is 29.6 Å². The van der Waals surface area contributed by atoms with Crippen molar-refractivity contribution in [1.29, 1.82) is 0 Å². The number of aromatic nitrogens is 2. The zero-order chi connectivity index (χ0) is 16.7. The summed E-state index contributed by atoms with van der Waals surface area (Å²) in [4.78, 5) is 12.2. The van der Waals surface area contributed by atoms with E-state index in [4.69, 9.17) is 16.7 Å². The van der Waals surface area contributed by atoms with Crippen LogP contribution in [0, 0.1) is 5.92 Å². The van der Waals surface area contributed by atoms with E-state index in [-0.39, 0.29) is 12.5 Å². The Labute approximate surface area is 141 Å². The number of halogens is 1. The molecule has 0 saturated carbocycles. The number of aliphatic hydroxyl groups excluding tert-OH is 1. The van der Waals surface area contributed by atoms with Gasteiger partial charge in [-0.05, 0) is 37.0 Å². The van der Waals surface area contributed by atoms with Gasteiger partial charge in [0, 0.05) is 19.3 Å². The van der Waals surface area contributed by atoms with Crippen molar-refractivity contribution in [2.75, 3.05) is 13.2 Å². The number of amides is 1. The minimum atomic E-state index is -0.213. The number of hydrogen-bond acceptors (Lipinski definition) is 3. The number of nitrogens with zero attached hydrogens (tertiary/aromatic N) is 2. The minimum Gasteiger partial charge on any atom is -0.396 e. The van der Waals surface area contributed by atoms with Gasteiger partial charge in [-0.3, -0.25) is 4.79 Å². The zero-order valence-electron chi connectivity index (χ0n) is 13.2. The van der Waals surface area contributed by atoms with Crippen molar-refractivity contribution in [1.82, 2.24) is 15.1 Å². The molecular weight excluding hydrogens is 314 g/mol. The summed E-state index contributed by atoms with van der Waals surface area (Å²) >= 11 is 6.13. The Kier molecular flexibility index (Phi) is 6.62. The van der Waals surface area contributed by atoms with Crippen molar-refractivity contribution >= 4 is 17.5 Å². The molecule has 1 amide bonds. The number of para-hydroxylation sites is 1. The van der Waals surface area contributed by atoms with Crippen LogP contribution < -0.4 is 5.32 Å². The molecule has 124 valence electrons. The second-order valence-electron chi connectivity index (χ2n) is 5.47. The molecule has 0 aliphatic carbocycles. The first-order valence-corrected chi connectivity index (χ1v) is 8.23. The molecule has 1 heterocycles. The SMILES string of the molecule is CCCC(CCO)CNC(=O)c1ccn(-c2ccccc2Cl)n1. The molecule has 0 fully saturated rings. The van der Waals surface area contributed by atoms with E-state index >= 15 is 0 Å². The van der Waals surface area contributed by atoms with Gasteiger partial charge in [-0.2, -0.15) is 5.10 Å². The van der Waals surface area contributed by atoms with Crippen LogP contribution in [0.15, 0.2) is 36.5 Å². The molecule has 0 bridgehead atoms. The lowest BCUT2D eigenvalue weighted by molar-refractivity contribution is 0.0937. The van der Waals surface area contributed by atoms with Gasteiger partial charge in [0.1, 0.15) is 0 Å². The number of carbonyl (C=O) groups is 1. The van der Waals surface area contributed by atoms with E-state index in [2.05, 4.69) is 17.3 Å². The summed E-state index contributed by atoms with van der Waals surface area (Å²) in [5, 5.41) is 16.8.